The third-order valence-electron chi connectivity index (χ3n) is 14.7. The maximum absolute atomic E-state index is 2.46. The Balaban J connectivity index is 1.04. The lowest BCUT2D eigenvalue weighted by atomic mass is 9.86. The molecule has 0 aromatic heterocycles. The first-order valence-corrected chi connectivity index (χ1v) is 24.1. The lowest BCUT2D eigenvalue weighted by molar-refractivity contribution is 1.20. The molecule has 0 radical (unpaired) electrons. The van der Waals surface area contributed by atoms with Gasteiger partial charge in [0.2, 0.25) is 0 Å². The Kier molecular flexibility index (Phi) is 9.07. The molecule has 14 aromatic carbocycles. The second-order valence-electron chi connectivity index (χ2n) is 18.8. The van der Waals surface area contributed by atoms with Gasteiger partial charge in [0.05, 0.1) is 0 Å². The molecule has 0 spiro atoms. The molecule has 0 amide bonds. The van der Waals surface area contributed by atoms with Crippen LogP contribution in [-0.2, 0) is 6.42 Å². The van der Waals surface area contributed by atoms with Gasteiger partial charge in [0.25, 0.3) is 0 Å². The summed E-state index contributed by atoms with van der Waals surface area (Å²) in [7, 11) is 0. The van der Waals surface area contributed by atoms with Crippen LogP contribution >= 0.6 is 0 Å². The zero-order valence-corrected chi connectivity index (χ0v) is 38.0. The number of hydrogen-bond donors (Lipinski definition) is 0. The minimum Gasteiger partial charge on any atom is -0.0616 e. The first kappa shape index (κ1) is 39.3. The monoisotopic (exact) mass is 872 g/mol. The van der Waals surface area contributed by atoms with Crippen molar-refractivity contribution >= 4 is 86.2 Å². The molecule has 0 saturated heterocycles. The Morgan fingerprint density at radius 3 is 0.623 bits per heavy atom. The Morgan fingerprint density at radius 1 is 0.174 bits per heavy atom. The quantitative estimate of drug-likeness (QED) is 0.146. The summed E-state index contributed by atoms with van der Waals surface area (Å²) >= 11 is 0. The molecule has 14 aromatic rings. The van der Waals surface area contributed by atoms with E-state index in [0.717, 1.165) is 6.42 Å². The zero-order chi connectivity index (χ0) is 45.4. The zero-order valence-electron chi connectivity index (χ0n) is 38.0. The van der Waals surface area contributed by atoms with Gasteiger partial charge in [0, 0.05) is 0 Å². The summed E-state index contributed by atoms with van der Waals surface area (Å²) in [5.41, 5.74) is 12.4. The molecule has 0 aliphatic rings. The molecule has 14 rings (SSSR count). The summed E-state index contributed by atoms with van der Waals surface area (Å²) in [4.78, 5) is 0. The van der Waals surface area contributed by atoms with Crippen LogP contribution in [0.1, 0.15) is 11.1 Å². The third kappa shape index (κ3) is 6.60. The normalized spacial score (nSPS) is 11.8. The van der Waals surface area contributed by atoms with Crippen LogP contribution in [0.5, 0.6) is 0 Å². The highest BCUT2D eigenvalue weighted by molar-refractivity contribution is 6.18. The largest absolute Gasteiger partial charge is 0.0616 e. The second-order valence-corrected chi connectivity index (χ2v) is 18.8. The first-order chi connectivity index (χ1) is 34.2. The number of benzene rings is 14. The summed E-state index contributed by atoms with van der Waals surface area (Å²) in [6.45, 7) is 0. The molecule has 69 heavy (non-hydrogen) atoms. The fraction of sp³-hybridized carbons (Fsp3) is 0.0145. The van der Waals surface area contributed by atoms with Gasteiger partial charge in [-0.05, 0) is 185 Å². The van der Waals surface area contributed by atoms with Gasteiger partial charge in [-0.2, -0.15) is 0 Å². The van der Waals surface area contributed by atoms with Gasteiger partial charge in [-0.3, -0.25) is 0 Å². The Bertz CT molecular complexity index is 3840. The molecule has 0 atom stereocenters. The van der Waals surface area contributed by atoms with E-state index in [9.17, 15) is 0 Å². The van der Waals surface area contributed by atoms with Crippen molar-refractivity contribution in [2.75, 3.05) is 0 Å². The van der Waals surface area contributed by atoms with Crippen LogP contribution in [0.3, 0.4) is 0 Å². The molecule has 0 heteroatoms. The molecule has 0 heterocycles. The standard InChI is InChI=1S/C69H44/c1-5-21-54-46(17-1)40-66(62-29-13-9-25-58(54)62)50-34-44(35-51(38-50)67-41-47-18-2-6-22-55(47)59-26-10-14-30-63(59)67)33-45-36-52(68-42-48-19-3-7-23-56(48)60-27-11-15-31-64(60)68)39-53(37-45)69-43-49-20-4-8-24-57(49)61-28-12-16-32-65(61)69/h1-32,34-43H,33H2. The van der Waals surface area contributed by atoms with Gasteiger partial charge < -0.3 is 0 Å². The van der Waals surface area contributed by atoms with Crippen molar-refractivity contribution in [1.29, 1.82) is 0 Å². The second kappa shape index (κ2) is 15.9. The van der Waals surface area contributed by atoms with Crippen LogP contribution < -0.4 is 0 Å². The van der Waals surface area contributed by atoms with Crippen LogP contribution in [0.15, 0.2) is 255 Å². The first-order valence-electron chi connectivity index (χ1n) is 24.1. The van der Waals surface area contributed by atoms with Crippen molar-refractivity contribution in [3.8, 4) is 44.5 Å². The third-order valence-corrected chi connectivity index (χ3v) is 14.7. The van der Waals surface area contributed by atoms with Gasteiger partial charge in [-0.15, -0.1) is 0 Å². The van der Waals surface area contributed by atoms with Crippen molar-refractivity contribution in [1.82, 2.24) is 0 Å². The molecule has 0 aliphatic carbocycles. The van der Waals surface area contributed by atoms with Gasteiger partial charge in [-0.25, -0.2) is 0 Å². The smallest absolute Gasteiger partial charge is 0.00249 e. The summed E-state index contributed by atoms with van der Waals surface area (Å²) < 4.78 is 0. The average molecular weight is 873 g/mol. The van der Waals surface area contributed by atoms with Crippen LogP contribution in [0.4, 0.5) is 0 Å². The molecule has 0 aliphatic heterocycles. The molecule has 0 fully saturated rings. The molecule has 0 bridgehead atoms. The SMILES string of the molecule is c1ccc2c(c1)cc(-c1cc(Cc3cc(-c4cc5ccccc5c5ccccc45)cc(-c4cc5ccccc5c5ccccc45)c3)cc(-c3cc4ccccc4c4ccccc34)c1)c1ccccc12. The molecule has 0 nitrogen and oxygen atoms in total. The average Bonchev–Trinajstić information content (AvgIpc) is 3.42. The molecule has 0 unspecified atom stereocenters. The summed E-state index contributed by atoms with van der Waals surface area (Å²) in [5.74, 6) is 0. The minimum atomic E-state index is 0.746. The molecule has 0 N–H and O–H groups in total. The maximum Gasteiger partial charge on any atom is -0.00249 e. The van der Waals surface area contributed by atoms with E-state index >= 15 is 0 Å². The van der Waals surface area contributed by atoms with Gasteiger partial charge in [0.15, 0.2) is 0 Å². The van der Waals surface area contributed by atoms with Gasteiger partial charge in [0.1, 0.15) is 0 Å². The summed E-state index contributed by atoms with van der Waals surface area (Å²) in [6, 6.07) is 95.4. The van der Waals surface area contributed by atoms with E-state index < -0.39 is 0 Å². The summed E-state index contributed by atoms with van der Waals surface area (Å²) in [6.07, 6.45) is 0.746. The highest BCUT2D eigenvalue weighted by Crippen LogP contribution is 2.43. The van der Waals surface area contributed by atoms with Crippen molar-refractivity contribution in [2.45, 2.75) is 6.42 Å². The molecular weight excluding hydrogens is 829 g/mol. The summed E-state index contributed by atoms with van der Waals surface area (Å²) in [5, 5.41) is 20.2. The predicted octanol–water partition coefficient (Wildman–Crippen LogP) is 19.2. The highest BCUT2D eigenvalue weighted by atomic mass is 14.2. The van der Waals surface area contributed by atoms with E-state index in [4.69, 9.17) is 0 Å². The van der Waals surface area contributed by atoms with E-state index in [-0.39, 0.29) is 0 Å². The van der Waals surface area contributed by atoms with E-state index in [1.165, 1.54) is 142 Å². The number of rotatable bonds is 6. The Morgan fingerprint density at radius 2 is 0.377 bits per heavy atom. The van der Waals surface area contributed by atoms with E-state index in [0.29, 0.717) is 0 Å². The van der Waals surface area contributed by atoms with Crippen LogP contribution in [0.2, 0.25) is 0 Å². The maximum atomic E-state index is 2.46. The number of fused-ring (bicyclic) bond motifs is 12. The van der Waals surface area contributed by atoms with Crippen LogP contribution in [0, 0.1) is 0 Å². The van der Waals surface area contributed by atoms with Gasteiger partial charge >= 0.3 is 0 Å². The van der Waals surface area contributed by atoms with Crippen molar-refractivity contribution < 1.29 is 0 Å². The van der Waals surface area contributed by atoms with E-state index in [1.54, 1.807) is 0 Å². The van der Waals surface area contributed by atoms with Crippen LogP contribution in [-0.4, -0.2) is 0 Å². The molecule has 0 saturated carbocycles. The van der Waals surface area contributed by atoms with Crippen molar-refractivity contribution in [3.05, 3.63) is 266 Å². The molecular formula is C69H44. The Labute approximate surface area is 401 Å². The van der Waals surface area contributed by atoms with Crippen molar-refractivity contribution in [3.63, 3.8) is 0 Å². The topological polar surface area (TPSA) is 0 Å². The fourth-order valence-electron chi connectivity index (χ4n) is 11.6. The Hall–Kier alpha value is -8.84. The fourth-order valence-corrected chi connectivity index (χ4v) is 11.6. The van der Waals surface area contributed by atoms with Crippen LogP contribution in [0.25, 0.3) is 131 Å². The minimum absolute atomic E-state index is 0.746. The van der Waals surface area contributed by atoms with E-state index in [2.05, 4.69) is 255 Å². The lowest BCUT2D eigenvalue weighted by Gasteiger charge is -2.18. The molecule has 320 valence electrons. The van der Waals surface area contributed by atoms with Gasteiger partial charge in [-0.1, -0.05) is 218 Å². The highest BCUT2D eigenvalue weighted by Gasteiger charge is 2.18. The van der Waals surface area contributed by atoms with E-state index in [1.807, 2.05) is 0 Å². The lowest BCUT2D eigenvalue weighted by Crippen LogP contribution is -1.96. The van der Waals surface area contributed by atoms with Crippen molar-refractivity contribution in [2.24, 2.45) is 0 Å². The number of hydrogen-bond acceptors (Lipinski definition) is 0. The predicted molar refractivity (Wildman–Crippen MR) is 297 cm³/mol.